The molecule has 0 radical (unpaired) electrons. The van der Waals surface area contributed by atoms with Crippen LogP contribution in [-0.2, 0) is 0 Å². The molecular formula is C16H22INO. The molecule has 0 heterocycles. The third kappa shape index (κ3) is 4.79. The summed E-state index contributed by atoms with van der Waals surface area (Å²) in [7, 11) is 1.70. The van der Waals surface area contributed by atoms with E-state index in [4.69, 9.17) is 9.73 Å². The van der Waals surface area contributed by atoms with Crippen molar-refractivity contribution in [1.82, 2.24) is 0 Å². The molecule has 0 aliphatic heterocycles. The van der Waals surface area contributed by atoms with E-state index in [1.165, 1.54) is 36.5 Å². The van der Waals surface area contributed by atoms with Gasteiger partial charge in [0.05, 0.1) is 13.2 Å². The second-order valence-corrected chi connectivity index (χ2v) is 6.30. The second-order valence-electron chi connectivity index (χ2n) is 5.22. The number of alkyl halides is 1. The van der Waals surface area contributed by atoms with E-state index < -0.39 is 0 Å². The van der Waals surface area contributed by atoms with Crippen LogP contribution in [0.5, 0.6) is 5.75 Å². The van der Waals surface area contributed by atoms with E-state index in [9.17, 15) is 0 Å². The summed E-state index contributed by atoms with van der Waals surface area (Å²) in [6, 6.07) is 8.62. The Balaban J connectivity index is 1.93. The SMILES string of the molecule is COc1cccc(/C=N/C2CCCC(CCI)C2)c1. The minimum atomic E-state index is 0.521. The molecule has 2 atom stereocenters. The highest BCUT2D eigenvalue weighted by molar-refractivity contribution is 14.1. The molecule has 1 aliphatic carbocycles. The molecule has 2 nitrogen and oxygen atoms in total. The normalized spacial score (nSPS) is 23.7. The van der Waals surface area contributed by atoms with E-state index in [1.54, 1.807) is 7.11 Å². The van der Waals surface area contributed by atoms with Crippen LogP contribution in [0, 0.1) is 5.92 Å². The van der Waals surface area contributed by atoms with Crippen LogP contribution < -0.4 is 4.74 Å². The zero-order valence-electron chi connectivity index (χ0n) is 11.5. The van der Waals surface area contributed by atoms with Crippen LogP contribution in [0.1, 0.15) is 37.7 Å². The lowest BCUT2D eigenvalue weighted by atomic mass is 9.84. The highest BCUT2D eigenvalue weighted by Gasteiger charge is 2.20. The van der Waals surface area contributed by atoms with Crippen LogP contribution >= 0.6 is 22.6 Å². The Hall–Kier alpha value is -0.580. The van der Waals surface area contributed by atoms with Gasteiger partial charge >= 0.3 is 0 Å². The third-order valence-corrected chi connectivity index (χ3v) is 4.42. The fourth-order valence-electron chi connectivity index (χ4n) is 2.73. The molecule has 19 heavy (non-hydrogen) atoms. The first-order valence-corrected chi connectivity index (χ1v) is 8.57. The number of methoxy groups -OCH3 is 1. The van der Waals surface area contributed by atoms with Crippen molar-refractivity contribution in [2.45, 2.75) is 38.1 Å². The van der Waals surface area contributed by atoms with Crippen molar-refractivity contribution in [3.8, 4) is 5.75 Å². The van der Waals surface area contributed by atoms with Crippen molar-refractivity contribution < 1.29 is 4.74 Å². The first-order chi connectivity index (χ1) is 9.31. The fourth-order valence-corrected chi connectivity index (χ4v) is 3.61. The van der Waals surface area contributed by atoms with E-state index in [0.717, 1.165) is 17.2 Å². The summed E-state index contributed by atoms with van der Waals surface area (Å²) in [6.45, 7) is 0. The largest absolute Gasteiger partial charge is 0.497 e. The maximum Gasteiger partial charge on any atom is 0.119 e. The zero-order valence-corrected chi connectivity index (χ0v) is 13.7. The molecule has 104 valence electrons. The number of ether oxygens (including phenoxy) is 1. The Labute approximate surface area is 129 Å². The molecule has 2 rings (SSSR count). The summed E-state index contributed by atoms with van der Waals surface area (Å²) in [6.07, 6.45) is 8.61. The van der Waals surface area contributed by atoms with Gasteiger partial charge < -0.3 is 4.74 Å². The summed E-state index contributed by atoms with van der Waals surface area (Å²) in [5.41, 5.74) is 1.13. The molecule has 1 aromatic carbocycles. The number of nitrogens with zero attached hydrogens (tertiary/aromatic N) is 1. The topological polar surface area (TPSA) is 21.6 Å². The van der Waals surface area contributed by atoms with E-state index in [1.807, 2.05) is 24.4 Å². The average Bonchev–Trinajstić information content (AvgIpc) is 2.46. The number of aliphatic imine (C=N–C) groups is 1. The van der Waals surface area contributed by atoms with Crippen molar-refractivity contribution in [2.75, 3.05) is 11.5 Å². The molecule has 1 aliphatic rings. The molecule has 0 spiro atoms. The molecule has 0 aromatic heterocycles. The van der Waals surface area contributed by atoms with Crippen LogP contribution in [-0.4, -0.2) is 23.8 Å². The quantitative estimate of drug-likeness (QED) is 0.424. The van der Waals surface area contributed by atoms with Gasteiger partial charge in [0.1, 0.15) is 5.75 Å². The number of hydrogen-bond acceptors (Lipinski definition) is 2. The van der Waals surface area contributed by atoms with Crippen molar-refractivity contribution >= 4 is 28.8 Å². The molecule has 3 heteroatoms. The summed E-state index contributed by atoms with van der Waals surface area (Å²) >= 11 is 2.48. The minimum absolute atomic E-state index is 0.521. The molecular weight excluding hydrogens is 349 g/mol. The van der Waals surface area contributed by atoms with Crippen molar-refractivity contribution in [3.05, 3.63) is 29.8 Å². The summed E-state index contributed by atoms with van der Waals surface area (Å²) in [5.74, 6) is 1.79. The van der Waals surface area contributed by atoms with E-state index in [0.29, 0.717) is 6.04 Å². The zero-order chi connectivity index (χ0) is 13.5. The van der Waals surface area contributed by atoms with Gasteiger partial charge in [0.2, 0.25) is 0 Å². The van der Waals surface area contributed by atoms with Gasteiger partial charge in [0.15, 0.2) is 0 Å². The van der Waals surface area contributed by atoms with Crippen LogP contribution in [0.3, 0.4) is 0 Å². The maximum atomic E-state index is 5.23. The van der Waals surface area contributed by atoms with Crippen molar-refractivity contribution in [3.63, 3.8) is 0 Å². The molecule has 0 amide bonds. The fraction of sp³-hybridized carbons (Fsp3) is 0.562. The summed E-state index contributed by atoms with van der Waals surface area (Å²) in [5, 5.41) is 0. The maximum absolute atomic E-state index is 5.23. The van der Waals surface area contributed by atoms with E-state index in [2.05, 4.69) is 28.7 Å². The average molecular weight is 371 g/mol. The number of halogens is 1. The first kappa shape index (κ1) is 14.8. The van der Waals surface area contributed by atoms with Crippen LogP contribution in [0.25, 0.3) is 0 Å². The Bertz CT molecular complexity index is 417. The predicted molar refractivity (Wildman–Crippen MR) is 89.8 cm³/mol. The standard InChI is InChI=1S/C16H22INO/c1-19-16-7-3-5-14(11-16)12-18-15-6-2-4-13(10-15)8-9-17/h3,5,7,11-13,15H,2,4,6,8-10H2,1H3/b18-12+. The van der Waals surface area contributed by atoms with Gasteiger partial charge in [0, 0.05) is 6.21 Å². The number of benzene rings is 1. The smallest absolute Gasteiger partial charge is 0.119 e. The van der Waals surface area contributed by atoms with Crippen LogP contribution in [0.15, 0.2) is 29.3 Å². The summed E-state index contributed by atoms with van der Waals surface area (Å²) < 4.78 is 6.51. The second kappa shape index (κ2) is 7.88. The van der Waals surface area contributed by atoms with Crippen LogP contribution in [0.2, 0.25) is 0 Å². The molecule has 2 unspecified atom stereocenters. The van der Waals surface area contributed by atoms with E-state index in [-0.39, 0.29) is 0 Å². The molecule has 0 N–H and O–H groups in total. The van der Waals surface area contributed by atoms with Gasteiger partial charge in [-0.1, -0.05) is 47.6 Å². The lowest BCUT2D eigenvalue weighted by Crippen LogP contribution is -2.18. The molecule has 0 saturated heterocycles. The molecule has 1 aromatic rings. The Morgan fingerprint density at radius 1 is 1.42 bits per heavy atom. The first-order valence-electron chi connectivity index (χ1n) is 7.05. The number of hydrogen-bond donors (Lipinski definition) is 0. The van der Waals surface area contributed by atoms with E-state index >= 15 is 0 Å². The van der Waals surface area contributed by atoms with Gasteiger partial charge in [-0.2, -0.15) is 0 Å². The minimum Gasteiger partial charge on any atom is -0.497 e. The van der Waals surface area contributed by atoms with Gasteiger partial charge in [-0.05, 0) is 47.3 Å². The lowest BCUT2D eigenvalue weighted by Gasteiger charge is -2.26. The third-order valence-electron chi connectivity index (χ3n) is 3.80. The van der Waals surface area contributed by atoms with Gasteiger partial charge in [0.25, 0.3) is 0 Å². The monoisotopic (exact) mass is 371 g/mol. The van der Waals surface area contributed by atoms with Gasteiger partial charge in [-0.25, -0.2) is 0 Å². The lowest BCUT2D eigenvalue weighted by molar-refractivity contribution is 0.319. The summed E-state index contributed by atoms with van der Waals surface area (Å²) in [4.78, 5) is 4.78. The van der Waals surface area contributed by atoms with Gasteiger partial charge in [-0.3, -0.25) is 4.99 Å². The molecule has 1 saturated carbocycles. The Kier molecular flexibility index (Phi) is 6.14. The van der Waals surface area contributed by atoms with Crippen molar-refractivity contribution in [2.24, 2.45) is 10.9 Å². The number of rotatable bonds is 5. The molecule has 1 fully saturated rings. The van der Waals surface area contributed by atoms with Crippen LogP contribution in [0.4, 0.5) is 0 Å². The highest BCUT2D eigenvalue weighted by atomic mass is 127. The van der Waals surface area contributed by atoms with Gasteiger partial charge in [-0.15, -0.1) is 0 Å². The van der Waals surface area contributed by atoms with Crippen molar-refractivity contribution in [1.29, 1.82) is 0 Å². The Morgan fingerprint density at radius 3 is 3.11 bits per heavy atom. The highest BCUT2D eigenvalue weighted by Crippen LogP contribution is 2.29. The molecule has 0 bridgehead atoms. The predicted octanol–water partition coefficient (Wildman–Crippen LogP) is 4.50. The Morgan fingerprint density at radius 2 is 2.32 bits per heavy atom.